The van der Waals surface area contributed by atoms with Crippen LogP contribution in [0.1, 0.15) is 40.9 Å². The lowest BCUT2D eigenvalue weighted by Gasteiger charge is -2.32. The van der Waals surface area contributed by atoms with Gasteiger partial charge >= 0.3 is 6.03 Å². The Morgan fingerprint density at radius 2 is 1.69 bits per heavy atom. The second kappa shape index (κ2) is 8.39. The predicted octanol–water partition coefficient (Wildman–Crippen LogP) is 6.49. The Bertz CT molecular complexity index is 1270. The predicted molar refractivity (Wildman–Crippen MR) is 129 cm³/mol. The lowest BCUT2D eigenvalue weighted by atomic mass is 9.97. The van der Waals surface area contributed by atoms with Crippen LogP contribution < -0.4 is 5.32 Å². The minimum absolute atomic E-state index is 0.0939. The number of aromatic nitrogens is 1. The molecule has 0 saturated carbocycles. The van der Waals surface area contributed by atoms with Crippen LogP contribution in [0.2, 0.25) is 0 Å². The number of fused-ring (bicyclic) bond motifs is 3. The molecular formula is C28H27N3O. The first kappa shape index (κ1) is 20.1. The fourth-order valence-corrected chi connectivity index (χ4v) is 4.70. The lowest BCUT2D eigenvalue weighted by molar-refractivity contribution is 0.194. The van der Waals surface area contributed by atoms with Gasteiger partial charge in [-0.1, -0.05) is 67.6 Å². The van der Waals surface area contributed by atoms with E-state index in [2.05, 4.69) is 84.5 Å². The van der Waals surface area contributed by atoms with Crippen LogP contribution in [-0.4, -0.2) is 15.5 Å². The molecule has 0 saturated heterocycles. The zero-order valence-electron chi connectivity index (χ0n) is 18.5. The molecule has 1 N–H and O–H groups in total. The molecule has 1 aliphatic heterocycles. The van der Waals surface area contributed by atoms with Crippen LogP contribution in [0.25, 0.3) is 5.69 Å². The van der Waals surface area contributed by atoms with Gasteiger partial charge in [-0.15, -0.1) is 0 Å². The number of nitrogens with zero attached hydrogens (tertiary/aromatic N) is 2. The van der Waals surface area contributed by atoms with E-state index in [0.29, 0.717) is 6.54 Å². The third-order valence-corrected chi connectivity index (χ3v) is 6.35. The molecule has 3 aromatic carbocycles. The maximum atomic E-state index is 13.8. The highest BCUT2D eigenvalue weighted by molar-refractivity contribution is 5.91. The minimum Gasteiger partial charge on any atom is -0.318 e. The molecule has 2 amide bonds. The van der Waals surface area contributed by atoms with Gasteiger partial charge in [-0.25, -0.2) is 4.79 Å². The second-order valence-corrected chi connectivity index (χ2v) is 8.26. The molecule has 5 rings (SSSR count). The van der Waals surface area contributed by atoms with Gasteiger partial charge in [-0.3, -0.25) is 0 Å². The van der Waals surface area contributed by atoms with E-state index < -0.39 is 0 Å². The Morgan fingerprint density at radius 3 is 2.53 bits per heavy atom. The summed E-state index contributed by atoms with van der Waals surface area (Å²) in [5.74, 6) is 0. The Kier molecular flexibility index (Phi) is 5.28. The van der Waals surface area contributed by atoms with Crippen molar-refractivity contribution >= 4 is 11.7 Å². The third kappa shape index (κ3) is 3.48. The average molecular weight is 422 g/mol. The molecule has 0 radical (unpaired) electrons. The molecule has 0 fully saturated rings. The number of hydrogen-bond donors (Lipinski definition) is 1. The van der Waals surface area contributed by atoms with E-state index in [1.807, 2.05) is 35.2 Å². The van der Waals surface area contributed by atoms with Crippen molar-refractivity contribution in [1.82, 2.24) is 9.47 Å². The van der Waals surface area contributed by atoms with Gasteiger partial charge in [0.15, 0.2) is 0 Å². The molecule has 0 bridgehead atoms. The molecule has 4 heteroatoms. The molecule has 2 heterocycles. The third-order valence-electron chi connectivity index (χ3n) is 6.35. The van der Waals surface area contributed by atoms with E-state index in [1.54, 1.807) is 0 Å². The van der Waals surface area contributed by atoms with Crippen LogP contribution in [0.4, 0.5) is 10.5 Å². The standard InChI is InChI=1S/C28H27N3O/c1-3-21-12-5-8-15-24(21)29-28(32)31-19-22-13-6-9-16-25(22)30-18-10-17-26(30)27(31)23-14-7-4-11-20(23)2/h4-18,27H,3,19H2,1-2H3,(H,29,32)/t27-/m1/s1. The summed E-state index contributed by atoms with van der Waals surface area (Å²) in [6, 6.07) is 28.6. The molecule has 0 spiro atoms. The van der Waals surface area contributed by atoms with E-state index in [1.165, 1.54) is 5.56 Å². The molecule has 1 aliphatic rings. The average Bonchev–Trinajstić information content (AvgIpc) is 3.24. The summed E-state index contributed by atoms with van der Waals surface area (Å²) in [5, 5.41) is 3.21. The van der Waals surface area contributed by atoms with Crippen molar-refractivity contribution in [3.05, 3.63) is 119 Å². The molecule has 0 unspecified atom stereocenters. The van der Waals surface area contributed by atoms with Crippen LogP contribution in [-0.2, 0) is 13.0 Å². The van der Waals surface area contributed by atoms with Gasteiger partial charge in [-0.2, -0.15) is 0 Å². The van der Waals surface area contributed by atoms with E-state index in [4.69, 9.17) is 0 Å². The maximum Gasteiger partial charge on any atom is 0.322 e. The first-order valence-corrected chi connectivity index (χ1v) is 11.1. The molecule has 160 valence electrons. The number of nitrogens with one attached hydrogen (secondary N) is 1. The van der Waals surface area contributed by atoms with Crippen LogP contribution >= 0.6 is 0 Å². The van der Waals surface area contributed by atoms with Crippen LogP contribution in [0.15, 0.2) is 91.1 Å². The van der Waals surface area contributed by atoms with Gasteiger partial charge < -0.3 is 14.8 Å². The summed E-state index contributed by atoms with van der Waals surface area (Å²) in [6.45, 7) is 4.75. The second-order valence-electron chi connectivity index (χ2n) is 8.26. The first-order valence-electron chi connectivity index (χ1n) is 11.1. The van der Waals surface area contributed by atoms with Crippen molar-refractivity contribution in [1.29, 1.82) is 0 Å². The highest BCUT2D eigenvalue weighted by Gasteiger charge is 2.33. The van der Waals surface area contributed by atoms with Gasteiger partial charge in [-0.05, 0) is 59.9 Å². The number of carbonyl (C=O) groups is 1. The van der Waals surface area contributed by atoms with Crippen molar-refractivity contribution < 1.29 is 4.79 Å². The minimum atomic E-state index is -0.201. The van der Waals surface area contributed by atoms with Crippen molar-refractivity contribution in [2.24, 2.45) is 0 Å². The van der Waals surface area contributed by atoms with Gasteiger partial charge in [0.1, 0.15) is 6.04 Å². The first-order chi connectivity index (χ1) is 15.7. The normalized spacial score (nSPS) is 14.9. The van der Waals surface area contributed by atoms with E-state index in [0.717, 1.165) is 40.2 Å². The lowest BCUT2D eigenvalue weighted by Crippen LogP contribution is -2.38. The van der Waals surface area contributed by atoms with Crippen LogP contribution in [0, 0.1) is 6.92 Å². The Morgan fingerprint density at radius 1 is 0.938 bits per heavy atom. The molecular weight excluding hydrogens is 394 g/mol. The molecule has 4 nitrogen and oxygen atoms in total. The number of urea groups is 1. The van der Waals surface area contributed by atoms with Crippen molar-refractivity contribution in [3.63, 3.8) is 0 Å². The fraction of sp³-hybridized carbons (Fsp3) is 0.179. The molecule has 4 aromatic rings. The highest BCUT2D eigenvalue weighted by atomic mass is 16.2. The Hall–Kier alpha value is -3.79. The highest BCUT2D eigenvalue weighted by Crippen LogP contribution is 2.38. The monoisotopic (exact) mass is 421 g/mol. The number of hydrogen-bond acceptors (Lipinski definition) is 1. The number of carbonyl (C=O) groups excluding carboxylic acids is 1. The summed E-state index contributed by atoms with van der Waals surface area (Å²) < 4.78 is 2.22. The van der Waals surface area contributed by atoms with Crippen LogP contribution in [0.5, 0.6) is 0 Å². The number of benzene rings is 3. The van der Waals surface area contributed by atoms with E-state index >= 15 is 0 Å². The molecule has 32 heavy (non-hydrogen) atoms. The van der Waals surface area contributed by atoms with Crippen molar-refractivity contribution in [2.75, 3.05) is 5.32 Å². The maximum absolute atomic E-state index is 13.8. The topological polar surface area (TPSA) is 37.3 Å². The summed E-state index contributed by atoms with van der Waals surface area (Å²) in [5.41, 5.74) is 7.64. The molecule has 1 aromatic heterocycles. The number of para-hydroxylation sites is 2. The molecule has 0 aliphatic carbocycles. The SMILES string of the molecule is CCc1ccccc1NC(=O)N1Cc2ccccc2-n2cccc2[C@H]1c1ccccc1C. The van der Waals surface area contributed by atoms with E-state index in [9.17, 15) is 4.79 Å². The van der Waals surface area contributed by atoms with Crippen molar-refractivity contribution in [2.45, 2.75) is 32.9 Å². The van der Waals surface area contributed by atoms with Crippen molar-refractivity contribution in [3.8, 4) is 5.69 Å². The molecule has 1 atom stereocenters. The Balaban J connectivity index is 1.65. The zero-order chi connectivity index (χ0) is 22.1. The van der Waals surface area contributed by atoms with Gasteiger partial charge in [0.05, 0.1) is 12.2 Å². The van der Waals surface area contributed by atoms with Gasteiger partial charge in [0.25, 0.3) is 0 Å². The zero-order valence-corrected chi connectivity index (χ0v) is 18.5. The number of rotatable bonds is 3. The summed E-state index contributed by atoms with van der Waals surface area (Å²) in [6.07, 6.45) is 2.95. The fourth-order valence-electron chi connectivity index (χ4n) is 4.70. The smallest absolute Gasteiger partial charge is 0.318 e. The van der Waals surface area contributed by atoms with Gasteiger partial charge in [0, 0.05) is 17.6 Å². The Labute approximate surface area is 189 Å². The summed E-state index contributed by atoms with van der Waals surface area (Å²) >= 11 is 0. The number of amides is 2. The summed E-state index contributed by atoms with van der Waals surface area (Å²) in [4.78, 5) is 15.8. The number of aryl methyl sites for hydroxylation is 2. The number of anilines is 1. The van der Waals surface area contributed by atoms with Crippen LogP contribution in [0.3, 0.4) is 0 Å². The van der Waals surface area contributed by atoms with E-state index in [-0.39, 0.29) is 12.1 Å². The quantitative estimate of drug-likeness (QED) is 0.404. The summed E-state index contributed by atoms with van der Waals surface area (Å²) in [7, 11) is 0. The largest absolute Gasteiger partial charge is 0.322 e. The van der Waals surface area contributed by atoms with Gasteiger partial charge in [0.2, 0.25) is 0 Å².